The van der Waals surface area contributed by atoms with Crippen LogP contribution in [0.4, 0.5) is 5.82 Å². The maximum Gasteiger partial charge on any atom is 0.223 e. The molecule has 8 nitrogen and oxygen atoms in total. The monoisotopic (exact) mass is 381 g/mol. The molecule has 2 atom stereocenters. The number of carbonyl (C=O) groups is 1. The zero-order valence-electron chi connectivity index (χ0n) is 17.0. The first-order valence-corrected chi connectivity index (χ1v) is 9.59. The highest BCUT2D eigenvalue weighted by atomic mass is 16.2. The number of rotatable bonds is 4. The van der Waals surface area contributed by atoms with Crippen molar-refractivity contribution < 1.29 is 4.79 Å². The molecule has 1 aliphatic rings. The first-order valence-electron chi connectivity index (χ1n) is 9.59. The quantitative estimate of drug-likeness (QED) is 0.725. The normalized spacial score (nSPS) is 20.3. The molecule has 0 bridgehead atoms. The third-order valence-corrected chi connectivity index (χ3v) is 5.30. The summed E-state index contributed by atoms with van der Waals surface area (Å²) >= 11 is 0. The van der Waals surface area contributed by atoms with Crippen molar-refractivity contribution in [3.63, 3.8) is 0 Å². The fourth-order valence-electron chi connectivity index (χ4n) is 4.22. The summed E-state index contributed by atoms with van der Waals surface area (Å²) in [5, 5.41) is 7.79. The van der Waals surface area contributed by atoms with E-state index in [0.717, 1.165) is 28.1 Å². The number of aromatic amines is 1. The Hall–Kier alpha value is -2.90. The molecule has 148 valence electrons. The number of amides is 1. The van der Waals surface area contributed by atoms with Gasteiger partial charge in [-0.1, -0.05) is 0 Å². The van der Waals surface area contributed by atoms with Gasteiger partial charge in [-0.15, -0.1) is 0 Å². The number of aromatic nitrogens is 5. The van der Waals surface area contributed by atoms with Crippen molar-refractivity contribution in [2.45, 2.75) is 45.7 Å². The highest BCUT2D eigenvalue weighted by molar-refractivity contribution is 5.86. The number of hydrogen-bond donors (Lipinski definition) is 2. The molecule has 4 rings (SSSR count). The van der Waals surface area contributed by atoms with Crippen LogP contribution in [-0.4, -0.2) is 47.6 Å². The van der Waals surface area contributed by atoms with Crippen molar-refractivity contribution in [2.75, 3.05) is 11.9 Å². The SMILES string of the molecule is Cc1cc2ncnc(NC[C@@H]3CC(=O)N(C(C)(C)C)[C@H]3c3cnn(C)c3)c2[nH]1. The maximum atomic E-state index is 12.9. The van der Waals surface area contributed by atoms with Crippen LogP contribution in [0.1, 0.15) is 44.5 Å². The fourth-order valence-corrected chi connectivity index (χ4v) is 4.22. The zero-order valence-corrected chi connectivity index (χ0v) is 17.0. The van der Waals surface area contributed by atoms with E-state index in [-0.39, 0.29) is 23.4 Å². The minimum Gasteiger partial charge on any atom is -0.368 e. The molecule has 3 aromatic rings. The van der Waals surface area contributed by atoms with Crippen LogP contribution in [0.2, 0.25) is 0 Å². The van der Waals surface area contributed by atoms with Crippen LogP contribution in [0.25, 0.3) is 11.0 Å². The van der Waals surface area contributed by atoms with E-state index >= 15 is 0 Å². The van der Waals surface area contributed by atoms with Crippen molar-refractivity contribution in [1.82, 2.24) is 29.6 Å². The summed E-state index contributed by atoms with van der Waals surface area (Å²) in [6.07, 6.45) is 5.94. The van der Waals surface area contributed by atoms with Crippen LogP contribution in [-0.2, 0) is 11.8 Å². The summed E-state index contributed by atoms with van der Waals surface area (Å²) < 4.78 is 1.79. The van der Waals surface area contributed by atoms with Gasteiger partial charge in [0.25, 0.3) is 0 Å². The molecule has 0 aliphatic carbocycles. The Morgan fingerprint density at radius 1 is 1.32 bits per heavy atom. The number of anilines is 1. The smallest absolute Gasteiger partial charge is 0.223 e. The number of aryl methyl sites for hydroxylation is 2. The van der Waals surface area contributed by atoms with Crippen LogP contribution < -0.4 is 5.32 Å². The minimum atomic E-state index is -0.259. The van der Waals surface area contributed by atoms with Gasteiger partial charge in [0, 0.05) is 48.9 Å². The second kappa shape index (κ2) is 6.61. The van der Waals surface area contributed by atoms with E-state index in [2.05, 4.69) is 46.1 Å². The van der Waals surface area contributed by atoms with Crippen LogP contribution >= 0.6 is 0 Å². The predicted molar refractivity (Wildman–Crippen MR) is 108 cm³/mol. The van der Waals surface area contributed by atoms with Gasteiger partial charge in [-0.05, 0) is 33.8 Å². The third kappa shape index (κ3) is 3.23. The largest absolute Gasteiger partial charge is 0.368 e. The Morgan fingerprint density at radius 2 is 2.11 bits per heavy atom. The summed E-state index contributed by atoms with van der Waals surface area (Å²) in [5.41, 5.74) is 3.64. The Kier molecular flexibility index (Phi) is 4.36. The molecule has 3 aromatic heterocycles. The van der Waals surface area contributed by atoms with Crippen molar-refractivity contribution in [3.8, 4) is 0 Å². The maximum absolute atomic E-state index is 12.9. The van der Waals surface area contributed by atoms with E-state index in [9.17, 15) is 4.79 Å². The van der Waals surface area contributed by atoms with Gasteiger partial charge in [0.05, 0.1) is 17.8 Å². The molecule has 0 radical (unpaired) electrons. The standard InChI is InChI=1S/C20H27N7O/c1-12-6-15-17(25-12)19(23-11-22-15)21-8-13-7-16(28)27(20(2,3)4)18(13)14-9-24-26(5)10-14/h6,9-11,13,18,25H,7-8H2,1-5H3,(H,21,22,23)/t13-,18+/m0/s1. The van der Waals surface area contributed by atoms with Gasteiger partial charge in [-0.25, -0.2) is 9.97 Å². The van der Waals surface area contributed by atoms with E-state index in [0.29, 0.717) is 13.0 Å². The van der Waals surface area contributed by atoms with Crippen molar-refractivity contribution in [1.29, 1.82) is 0 Å². The lowest BCUT2D eigenvalue weighted by Crippen LogP contribution is -2.44. The second-order valence-corrected chi connectivity index (χ2v) is 8.61. The summed E-state index contributed by atoms with van der Waals surface area (Å²) in [4.78, 5) is 26.9. The highest BCUT2D eigenvalue weighted by Gasteiger charge is 2.45. The van der Waals surface area contributed by atoms with E-state index in [1.54, 1.807) is 11.0 Å². The first-order chi connectivity index (χ1) is 13.2. The Morgan fingerprint density at radius 3 is 2.79 bits per heavy atom. The van der Waals surface area contributed by atoms with Crippen molar-refractivity contribution >= 4 is 22.8 Å². The summed E-state index contributed by atoms with van der Waals surface area (Å²) in [5.74, 6) is 1.07. The van der Waals surface area contributed by atoms with Gasteiger partial charge in [0.2, 0.25) is 5.91 Å². The molecule has 2 N–H and O–H groups in total. The minimum absolute atomic E-state index is 0.0172. The van der Waals surface area contributed by atoms with E-state index in [1.807, 2.05) is 37.3 Å². The number of nitrogens with zero attached hydrogens (tertiary/aromatic N) is 5. The molecule has 0 aromatic carbocycles. The van der Waals surface area contributed by atoms with E-state index in [4.69, 9.17) is 0 Å². The topological polar surface area (TPSA) is 91.7 Å². The number of likely N-dealkylation sites (tertiary alicyclic amines) is 1. The summed E-state index contributed by atoms with van der Waals surface area (Å²) in [6.45, 7) is 8.89. The van der Waals surface area contributed by atoms with Crippen LogP contribution in [0.3, 0.4) is 0 Å². The van der Waals surface area contributed by atoms with Gasteiger partial charge in [-0.3, -0.25) is 9.48 Å². The Balaban J connectivity index is 1.63. The van der Waals surface area contributed by atoms with Gasteiger partial charge in [-0.2, -0.15) is 5.10 Å². The number of hydrogen-bond acceptors (Lipinski definition) is 5. The summed E-state index contributed by atoms with van der Waals surface area (Å²) in [7, 11) is 1.90. The van der Waals surface area contributed by atoms with Gasteiger partial charge in [0.1, 0.15) is 11.8 Å². The van der Waals surface area contributed by atoms with E-state index < -0.39 is 0 Å². The average molecular weight is 381 g/mol. The Labute approximate surface area is 164 Å². The molecule has 1 aliphatic heterocycles. The molecular weight excluding hydrogens is 354 g/mol. The first kappa shape index (κ1) is 18.5. The second-order valence-electron chi connectivity index (χ2n) is 8.61. The fraction of sp³-hybridized carbons (Fsp3) is 0.500. The van der Waals surface area contributed by atoms with Gasteiger partial charge in [0.15, 0.2) is 5.82 Å². The number of fused-ring (bicyclic) bond motifs is 1. The number of nitrogens with one attached hydrogen (secondary N) is 2. The Bertz CT molecular complexity index is 1010. The van der Waals surface area contributed by atoms with Crippen LogP contribution in [0, 0.1) is 12.8 Å². The van der Waals surface area contributed by atoms with Crippen molar-refractivity contribution in [3.05, 3.63) is 36.0 Å². The molecule has 28 heavy (non-hydrogen) atoms. The van der Waals surface area contributed by atoms with Crippen molar-refractivity contribution in [2.24, 2.45) is 13.0 Å². The van der Waals surface area contributed by atoms with Crippen LogP contribution in [0.15, 0.2) is 24.8 Å². The lowest BCUT2D eigenvalue weighted by atomic mass is 9.93. The molecule has 0 unspecified atom stereocenters. The molecule has 1 fully saturated rings. The molecule has 1 saturated heterocycles. The van der Waals surface area contributed by atoms with E-state index in [1.165, 1.54) is 0 Å². The number of carbonyl (C=O) groups excluding carboxylic acids is 1. The molecule has 0 saturated carbocycles. The molecule has 0 spiro atoms. The molecule has 1 amide bonds. The highest BCUT2D eigenvalue weighted by Crippen LogP contribution is 2.42. The van der Waals surface area contributed by atoms with Crippen LogP contribution in [0.5, 0.6) is 0 Å². The molecule has 8 heteroatoms. The summed E-state index contributed by atoms with van der Waals surface area (Å²) in [6, 6.07) is 1.98. The third-order valence-electron chi connectivity index (χ3n) is 5.30. The molecule has 4 heterocycles. The predicted octanol–water partition coefficient (Wildman–Crippen LogP) is 2.80. The number of H-pyrrole nitrogens is 1. The zero-order chi connectivity index (χ0) is 20.1. The lowest BCUT2D eigenvalue weighted by molar-refractivity contribution is -0.133. The average Bonchev–Trinajstić information content (AvgIpc) is 3.28. The van der Waals surface area contributed by atoms with Gasteiger partial charge < -0.3 is 15.2 Å². The lowest BCUT2D eigenvalue weighted by Gasteiger charge is -2.38. The molecular formula is C20H27N7O. The van der Waals surface area contributed by atoms with Gasteiger partial charge >= 0.3 is 0 Å².